The molecular formula is C28H33N5O3S. The normalized spacial score (nSPS) is 13.1. The van der Waals surface area contributed by atoms with Gasteiger partial charge in [0, 0.05) is 49.4 Å². The van der Waals surface area contributed by atoms with Gasteiger partial charge >= 0.3 is 0 Å². The molecule has 0 saturated carbocycles. The Kier molecular flexibility index (Phi) is 10.1. The van der Waals surface area contributed by atoms with Crippen LogP contribution in [0.3, 0.4) is 0 Å². The van der Waals surface area contributed by atoms with Crippen molar-refractivity contribution in [2.24, 2.45) is 12.0 Å². The third kappa shape index (κ3) is 8.09. The molecule has 2 N–H and O–H groups in total. The first-order valence-electron chi connectivity index (χ1n) is 12.0. The minimum absolute atomic E-state index is 0.0351. The number of carbonyl (C=O) groups is 2. The molecule has 2 aromatic heterocycles. The fourth-order valence-electron chi connectivity index (χ4n) is 3.52. The summed E-state index contributed by atoms with van der Waals surface area (Å²) in [6.07, 6.45) is 10.3. The van der Waals surface area contributed by atoms with Gasteiger partial charge in [0.15, 0.2) is 5.13 Å². The third-order valence-corrected chi connectivity index (χ3v) is 6.26. The molecule has 0 radical (unpaired) electrons. The molecule has 3 aromatic rings. The number of rotatable bonds is 11. The summed E-state index contributed by atoms with van der Waals surface area (Å²) in [4.78, 5) is 34.4. The second-order valence-electron chi connectivity index (χ2n) is 8.54. The van der Waals surface area contributed by atoms with Gasteiger partial charge in [-0.15, -0.1) is 11.3 Å². The van der Waals surface area contributed by atoms with Gasteiger partial charge in [-0.05, 0) is 49.6 Å². The van der Waals surface area contributed by atoms with Crippen LogP contribution in [0.25, 0.3) is 16.8 Å². The first-order valence-corrected chi connectivity index (χ1v) is 12.8. The summed E-state index contributed by atoms with van der Waals surface area (Å²) < 4.78 is 6.92. The van der Waals surface area contributed by atoms with E-state index in [0.29, 0.717) is 10.7 Å². The summed E-state index contributed by atoms with van der Waals surface area (Å²) in [5.74, 6) is -0.745. The van der Waals surface area contributed by atoms with Crippen molar-refractivity contribution in [1.82, 2.24) is 14.9 Å². The van der Waals surface area contributed by atoms with E-state index >= 15 is 0 Å². The first-order chi connectivity index (χ1) is 17.8. The Bertz CT molecular complexity index is 1320. The third-order valence-electron chi connectivity index (χ3n) is 5.50. The van der Waals surface area contributed by atoms with Gasteiger partial charge < -0.3 is 19.9 Å². The topological polar surface area (TPSA) is 97.6 Å². The number of anilines is 1. The second kappa shape index (κ2) is 13.5. The van der Waals surface area contributed by atoms with Crippen molar-refractivity contribution in [1.29, 1.82) is 0 Å². The molecule has 9 heteroatoms. The molecule has 0 aliphatic carbocycles. The van der Waals surface area contributed by atoms with Crippen molar-refractivity contribution in [3.8, 4) is 11.3 Å². The maximum atomic E-state index is 12.9. The van der Waals surface area contributed by atoms with Crippen LogP contribution in [0, 0.1) is 0 Å². The number of hydrogen-bond acceptors (Lipinski definition) is 6. The summed E-state index contributed by atoms with van der Waals surface area (Å²) in [5, 5.41) is 7.86. The number of aryl methyl sites for hydroxylation is 1. The number of hydrogen-bond donors (Lipinski definition) is 2. The monoisotopic (exact) mass is 519 g/mol. The van der Waals surface area contributed by atoms with Crippen molar-refractivity contribution in [2.45, 2.75) is 33.2 Å². The van der Waals surface area contributed by atoms with E-state index in [1.165, 1.54) is 18.4 Å². The number of ether oxygens (including phenoxy) is 1. The van der Waals surface area contributed by atoms with Crippen molar-refractivity contribution in [3.05, 3.63) is 77.1 Å². The van der Waals surface area contributed by atoms with Crippen LogP contribution in [0.4, 0.5) is 5.13 Å². The van der Waals surface area contributed by atoms with E-state index in [1.807, 2.05) is 56.8 Å². The molecule has 1 aromatic carbocycles. The van der Waals surface area contributed by atoms with E-state index in [9.17, 15) is 9.59 Å². The number of aliphatic imine (C=N–C) groups is 1. The van der Waals surface area contributed by atoms with E-state index in [1.54, 1.807) is 23.0 Å². The van der Waals surface area contributed by atoms with Crippen LogP contribution in [-0.4, -0.2) is 47.3 Å². The van der Waals surface area contributed by atoms with Gasteiger partial charge in [0.1, 0.15) is 6.04 Å². The standard InChI is InChI=1S/C28H33N5O3S/c1-6-8-20(3)29-13-11-19(2)21-9-7-10-22(15-21)25-18-37-28(31-25)32-27(35)24(17-36-5)30-26(34)23-12-14-33(4)16-23/h7-16,18,24H,6,17H2,1-5H3,(H,30,34)(H,31,32,35)/b19-11+,20-8+,29-13-. The largest absolute Gasteiger partial charge is 0.382 e. The highest BCUT2D eigenvalue weighted by Gasteiger charge is 2.23. The molecule has 194 valence electrons. The minimum Gasteiger partial charge on any atom is -0.382 e. The quantitative estimate of drug-likeness (QED) is 0.335. The summed E-state index contributed by atoms with van der Waals surface area (Å²) in [5.41, 5.74) is 5.29. The summed E-state index contributed by atoms with van der Waals surface area (Å²) in [6.45, 7) is 6.14. The fraction of sp³-hybridized carbons (Fsp3) is 0.286. The maximum Gasteiger partial charge on any atom is 0.253 e. The lowest BCUT2D eigenvalue weighted by Gasteiger charge is -2.16. The van der Waals surface area contributed by atoms with E-state index in [-0.39, 0.29) is 12.5 Å². The van der Waals surface area contributed by atoms with E-state index in [2.05, 4.69) is 39.7 Å². The van der Waals surface area contributed by atoms with Crippen LogP contribution in [0.2, 0.25) is 0 Å². The number of benzene rings is 1. The Labute approximate surface area is 221 Å². The van der Waals surface area contributed by atoms with Crippen LogP contribution in [0.5, 0.6) is 0 Å². The number of nitrogens with one attached hydrogen (secondary N) is 2. The minimum atomic E-state index is -0.862. The number of nitrogens with zero attached hydrogens (tertiary/aromatic N) is 3. The number of thiazole rings is 1. The highest BCUT2D eigenvalue weighted by molar-refractivity contribution is 7.14. The van der Waals surface area contributed by atoms with Gasteiger partial charge in [0.2, 0.25) is 0 Å². The smallest absolute Gasteiger partial charge is 0.253 e. The van der Waals surface area contributed by atoms with E-state index in [0.717, 1.165) is 34.5 Å². The Morgan fingerprint density at radius 3 is 2.76 bits per heavy atom. The summed E-state index contributed by atoms with van der Waals surface area (Å²) in [7, 11) is 3.31. The number of carbonyl (C=O) groups excluding carboxylic acids is 2. The van der Waals surface area contributed by atoms with Gasteiger partial charge in [-0.25, -0.2) is 4.98 Å². The molecule has 0 aliphatic heterocycles. The number of methoxy groups -OCH3 is 1. The number of amides is 2. The number of aromatic nitrogens is 2. The van der Waals surface area contributed by atoms with Crippen molar-refractivity contribution in [3.63, 3.8) is 0 Å². The van der Waals surface area contributed by atoms with Crippen LogP contribution in [-0.2, 0) is 16.6 Å². The lowest BCUT2D eigenvalue weighted by atomic mass is 10.0. The van der Waals surface area contributed by atoms with Crippen LogP contribution in [0.1, 0.15) is 43.1 Å². The van der Waals surface area contributed by atoms with Crippen molar-refractivity contribution < 1.29 is 14.3 Å². The zero-order chi connectivity index (χ0) is 26.8. The zero-order valence-corrected chi connectivity index (χ0v) is 22.6. The Hall–Kier alpha value is -3.82. The van der Waals surface area contributed by atoms with Crippen LogP contribution < -0.4 is 10.6 Å². The molecule has 8 nitrogen and oxygen atoms in total. The highest BCUT2D eigenvalue weighted by Crippen LogP contribution is 2.27. The Morgan fingerprint density at radius 1 is 1.24 bits per heavy atom. The van der Waals surface area contributed by atoms with Gasteiger partial charge in [-0.2, -0.15) is 0 Å². The molecule has 2 heterocycles. The second-order valence-corrected chi connectivity index (χ2v) is 9.39. The molecule has 1 atom stereocenters. The van der Waals surface area contributed by atoms with Gasteiger partial charge in [-0.3, -0.25) is 14.6 Å². The van der Waals surface area contributed by atoms with Crippen LogP contribution in [0.15, 0.2) is 70.9 Å². The lowest BCUT2D eigenvalue weighted by Crippen LogP contribution is -2.46. The summed E-state index contributed by atoms with van der Waals surface area (Å²) in [6, 6.07) is 8.88. The van der Waals surface area contributed by atoms with Crippen molar-refractivity contribution >= 4 is 40.1 Å². The average molecular weight is 520 g/mol. The maximum absolute atomic E-state index is 12.9. The molecule has 2 amide bonds. The molecule has 0 bridgehead atoms. The molecule has 0 aliphatic rings. The predicted molar refractivity (Wildman–Crippen MR) is 151 cm³/mol. The van der Waals surface area contributed by atoms with E-state index in [4.69, 9.17) is 4.74 Å². The van der Waals surface area contributed by atoms with Gasteiger partial charge in [0.25, 0.3) is 11.8 Å². The van der Waals surface area contributed by atoms with E-state index < -0.39 is 11.9 Å². The van der Waals surface area contributed by atoms with Crippen molar-refractivity contribution in [2.75, 3.05) is 19.0 Å². The Morgan fingerprint density at radius 2 is 2.05 bits per heavy atom. The summed E-state index contributed by atoms with van der Waals surface area (Å²) >= 11 is 1.32. The molecular weight excluding hydrogens is 486 g/mol. The SMILES string of the molecule is CC/C=C(C)/N=C\C=C(/C)c1cccc(-c2csc(NC(=O)C(COC)NC(=O)c3ccn(C)c3)n2)c1. The van der Waals surface area contributed by atoms with Crippen LogP contribution >= 0.6 is 11.3 Å². The molecule has 0 spiro atoms. The Balaban J connectivity index is 1.69. The zero-order valence-electron chi connectivity index (χ0n) is 21.8. The molecule has 3 rings (SSSR count). The molecule has 0 fully saturated rings. The molecule has 37 heavy (non-hydrogen) atoms. The average Bonchev–Trinajstić information content (AvgIpc) is 3.53. The number of allylic oxidation sites excluding steroid dienone is 4. The molecule has 1 unspecified atom stereocenters. The lowest BCUT2D eigenvalue weighted by molar-refractivity contribution is -0.119. The van der Waals surface area contributed by atoms with Gasteiger partial charge in [-0.1, -0.05) is 31.2 Å². The fourth-order valence-corrected chi connectivity index (χ4v) is 4.24. The molecule has 0 saturated heterocycles. The predicted octanol–water partition coefficient (Wildman–Crippen LogP) is 5.32. The highest BCUT2D eigenvalue weighted by atomic mass is 32.1. The van der Waals surface area contributed by atoms with Gasteiger partial charge in [0.05, 0.1) is 17.9 Å². The first kappa shape index (κ1) is 27.8.